The number of hydrogen-bond donors (Lipinski definition) is 1. The summed E-state index contributed by atoms with van der Waals surface area (Å²) in [6.07, 6.45) is 5.17. The minimum Gasteiger partial charge on any atom is -0.369 e. The molecule has 0 fully saturated rings. The molecule has 0 unspecified atom stereocenters. The molecule has 3 rings (SSSR count). The summed E-state index contributed by atoms with van der Waals surface area (Å²) in [5, 5.41) is 0. The highest BCUT2D eigenvalue weighted by Gasteiger charge is 2.08. The zero-order valence-corrected chi connectivity index (χ0v) is 9.91. The van der Waals surface area contributed by atoms with E-state index in [-0.39, 0.29) is 0 Å². The lowest BCUT2D eigenvalue weighted by Gasteiger charge is -2.06. The maximum Gasteiger partial charge on any atom is 0.201 e. The molecule has 0 aliphatic rings. The van der Waals surface area contributed by atoms with Gasteiger partial charge in [0.2, 0.25) is 5.95 Å². The molecule has 0 atom stereocenters. The largest absolute Gasteiger partial charge is 0.369 e. The predicted octanol–water partition coefficient (Wildman–Crippen LogP) is 1.16. The van der Waals surface area contributed by atoms with Crippen molar-refractivity contribution < 1.29 is 0 Å². The Balaban J connectivity index is 2.07. The first-order valence-corrected chi connectivity index (χ1v) is 5.58. The average Bonchev–Trinajstić information content (AvgIpc) is 2.66. The van der Waals surface area contributed by atoms with Crippen LogP contribution in [-0.4, -0.2) is 24.5 Å². The van der Waals surface area contributed by atoms with E-state index in [1.807, 2.05) is 23.6 Å². The van der Waals surface area contributed by atoms with Crippen molar-refractivity contribution in [2.75, 3.05) is 5.73 Å². The average molecular weight is 240 g/mol. The quantitative estimate of drug-likeness (QED) is 0.726. The van der Waals surface area contributed by atoms with Gasteiger partial charge < -0.3 is 10.3 Å². The summed E-state index contributed by atoms with van der Waals surface area (Å²) >= 11 is 0. The number of fused-ring (bicyclic) bond motifs is 1. The Hall–Kier alpha value is -2.50. The molecule has 0 amide bonds. The molecule has 0 aromatic carbocycles. The first-order valence-electron chi connectivity index (χ1n) is 5.58. The van der Waals surface area contributed by atoms with E-state index in [0.29, 0.717) is 12.5 Å². The lowest BCUT2D eigenvalue weighted by atomic mass is 10.3. The fraction of sp³-hybridized carbons (Fsp3) is 0.167. The zero-order valence-electron chi connectivity index (χ0n) is 9.91. The molecular formula is C12H12N6. The normalized spacial score (nSPS) is 10.9. The molecule has 0 spiro atoms. The molecule has 3 aromatic heterocycles. The van der Waals surface area contributed by atoms with Gasteiger partial charge in [-0.25, -0.2) is 15.0 Å². The Kier molecular flexibility index (Phi) is 2.40. The van der Waals surface area contributed by atoms with Crippen LogP contribution in [0.3, 0.4) is 0 Å². The Morgan fingerprint density at radius 2 is 2.11 bits per heavy atom. The molecule has 6 heteroatoms. The maximum atomic E-state index is 5.92. The van der Waals surface area contributed by atoms with Crippen molar-refractivity contribution >= 4 is 17.0 Å². The molecule has 90 valence electrons. The van der Waals surface area contributed by atoms with E-state index in [1.165, 1.54) is 0 Å². The SMILES string of the molecule is Cc1nccc(Cn2c(N)nc3cnccc32)n1. The standard InChI is InChI=1S/C12H12N6/c1-8-15-5-2-9(16-8)7-18-11-3-4-14-6-10(11)17-12(18)13/h2-6H,7H2,1H3,(H2,13,17). The van der Waals surface area contributed by atoms with Crippen LogP contribution in [-0.2, 0) is 6.54 Å². The van der Waals surface area contributed by atoms with Gasteiger partial charge in [-0.1, -0.05) is 0 Å². The molecular weight excluding hydrogens is 228 g/mol. The summed E-state index contributed by atoms with van der Waals surface area (Å²) in [6.45, 7) is 2.44. The van der Waals surface area contributed by atoms with Crippen molar-refractivity contribution in [1.29, 1.82) is 0 Å². The van der Waals surface area contributed by atoms with Crippen LogP contribution in [0.15, 0.2) is 30.7 Å². The van der Waals surface area contributed by atoms with Crippen LogP contribution >= 0.6 is 0 Å². The summed E-state index contributed by atoms with van der Waals surface area (Å²) in [7, 11) is 0. The molecule has 0 radical (unpaired) electrons. The van der Waals surface area contributed by atoms with Gasteiger partial charge in [0.15, 0.2) is 0 Å². The van der Waals surface area contributed by atoms with Crippen LogP contribution in [0.5, 0.6) is 0 Å². The highest BCUT2D eigenvalue weighted by Crippen LogP contribution is 2.17. The van der Waals surface area contributed by atoms with Crippen LogP contribution in [0, 0.1) is 6.92 Å². The van der Waals surface area contributed by atoms with Crippen LogP contribution in [0.25, 0.3) is 11.0 Å². The van der Waals surface area contributed by atoms with Gasteiger partial charge in [0.1, 0.15) is 11.3 Å². The maximum absolute atomic E-state index is 5.92. The van der Waals surface area contributed by atoms with Crippen molar-refractivity contribution in [2.24, 2.45) is 0 Å². The number of anilines is 1. The fourth-order valence-electron chi connectivity index (χ4n) is 1.92. The monoisotopic (exact) mass is 240 g/mol. The topological polar surface area (TPSA) is 82.5 Å². The lowest BCUT2D eigenvalue weighted by molar-refractivity contribution is 0.794. The minimum absolute atomic E-state index is 0.467. The molecule has 6 nitrogen and oxygen atoms in total. The van der Waals surface area contributed by atoms with Gasteiger partial charge in [-0.05, 0) is 19.1 Å². The van der Waals surface area contributed by atoms with Gasteiger partial charge in [-0.2, -0.15) is 0 Å². The Labute approximate surface area is 104 Å². The summed E-state index contributed by atoms with van der Waals surface area (Å²) in [5.41, 5.74) is 8.58. The molecule has 0 bridgehead atoms. The summed E-state index contributed by atoms with van der Waals surface area (Å²) in [6, 6.07) is 3.77. The van der Waals surface area contributed by atoms with Gasteiger partial charge in [0, 0.05) is 12.4 Å². The van der Waals surface area contributed by atoms with E-state index < -0.39 is 0 Å². The lowest BCUT2D eigenvalue weighted by Crippen LogP contribution is -2.06. The van der Waals surface area contributed by atoms with Crippen molar-refractivity contribution in [1.82, 2.24) is 24.5 Å². The smallest absolute Gasteiger partial charge is 0.201 e. The Morgan fingerprint density at radius 1 is 1.22 bits per heavy atom. The van der Waals surface area contributed by atoms with Crippen LogP contribution in [0.1, 0.15) is 11.5 Å². The third-order valence-electron chi connectivity index (χ3n) is 2.73. The summed E-state index contributed by atoms with van der Waals surface area (Å²) in [5.74, 6) is 1.21. The molecule has 0 saturated heterocycles. The van der Waals surface area contributed by atoms with Crippen molar-refractivity contribution in [2.45, 2.75) is 13.5 Å². The third-order valence-corrected chi connectivity index (χ3v) is 2.73. The first-order chi connectivity index (χ1) is 8.74. The number of aromatic nitrogens is 5. The predicted molar refractivity (Wildman–Crippen MR) is 67.8 cm³/mol. The van der Waals surface area contributed by atoms with E-state index >= 15 is 0 Å². The summed E-state index contributed by atoms with van der Waals surface area (Å²) in [4.78, 5) is 16.7. The first kappa shape index (κ1) is 10.6. The van der Waals surface area contributed by atoms with Crippen LogP contribution in [0.4, 0.5) is 5.95 Å². The van der Waals surface area contributed by atoms with Gasteiger partial charge in [-0.15, -0.1) is 0 Å². The van der Waals surface area contributed by atoms with E-state index in [1.54, 1.807) is 18.6 Å². The van der Waals surface area contributed by atoms with Gasteiger partial charge >= 0.3 is 0 Å². The molecule has 0 aliphatic heterocycles. The second kappa shape index (κ2) is 4.06. The highest BCUT2D eigenvalue weighted by atomic mass is 15.2. The number of nitrogens with two attached hydrogens (primary N) is 1. The molecule has 3 heterocycles. The molecule has 2 N–H and O–H groups in total. The summed E-state index contributed by atoms with van der Waals surface area (Å²) < 4.78 is 1.92. The number of nitrogens with zero attached hydrogens (tertiary/aromatic N) is 5. The van der Waals surface area contributed by atoms with Crippen LogP contribution in [0.2, 0.25) is 0 Å². The van der Waals surface area contributed by atoms with Gasteiger partial charge in [-0.3, -0.25) is 4.98 Å². The second-order valence-corrected chi connectivity index (χ2v) is 4.02. The fourth-order valence-corrected chi connectivity index (χ4v) is 1.92. The Bertz CT molecular complexity index is 703. The van der Waals surface area contributed by atoms with E-state index in [2.05, 4.69) is 19.9 Å². The number of imidazole rings is 1. The number of pyridine rings is 1. The molecule has 18 heavy (non-hydrogen) atoms. The Morgan fingerprint density at radius 3 is 2.94 bits per heavy atom. The van der Waals surface area contributed by atoms with Crippen molar-refractivity contribution in [3.8, 4) is 0 Å². The number of hydrogen-bond acceptors (Lipinski definition) is 5. The van der Waals surface area contributed by atoms with Crippen LogP contribution < -0.4 is 5.73 Å². The number of rotatable bonds is 2. The van der Waals surface area contributed by atoms with E-state index in [9.17, 15) is 0 Å². The minimum atomic E-state index is 0.467. The number of nitrogen functional groups attached to an aromatic ring is 1. The zero-order chi connectivity index (χ0) is 12.5. The highest BCUT2D eigenvalue weighted by molar-refractivity contribution is 5.77. The van der Waals surface area contributed by atoms with E-state index in [4.69, 9.17) is 5.73 Å². The second-order valence-electron chi connectivity index (χ2n) is 4.02. The van der Waals surface area contributed by atoms with Gasteiger partial charge in [0.25, 0.3) is 0 Å². The van der Waals surface area contributed by atoms with Crippen molar-refractivity contribution in [3.63, 3.8) is 0 Å². The molecule has 0 aliphatic carbocycles. The van der Waals surface area contributed by atoms with Gasteiger partial charge in [0.05, 0.1) is 24.0 Å². The third kappa shape index (κ3) is 1.77. The molecule has 0 saturated carbocycles. The van der Waals surface area contributed by atoms with E-state index in [0.717, 1.165) is 22.6 Å². The van der Waals surface area contributed by atoms with Crippen molar-refractivity contribution in [3.05, 3.63) is 42.2 Å². The molecule has 3 aromatic rings. The number of aryl methyl sites for hydroxylation is 1.